The second kappa shape index (κ2) is 9.69. The summed E-state index contributed by atoms with van der Waals surface area (Å²) in [5.41, 5.74) is 2.16. The number of carbonyl (C=O) groups is 1. The van der Waals surface area contributed by atoms with Crippen LogP contribution in [-0.2, 0) is 0 Å². The first-order valence-corrected chi connectivity index (χ1v) is 9.68. The van der Waals surface area contributed by atoms with Crippen LogP contribution in [0.5, 0.6) is 0 Å². The Bertz CT molecular complexity index is 967. The summed E-state index contributed by atoms with van der Waals surface area (Å²) in [5.74, 6) is -0.0842. The van der Waals surface area contributed by atoms with Gasteiger partial charge < -0.3 is 15.6 Å². The minimum Gasteiger partial charge on any atom is -0.354 e. The number of nitrogens with one attached hydrogen (secondary N) is 3. The Morgan fingerprint density at radius 1 is 1.33 bits per heavy atom. The maximum absolute atomic E-state index is 12.7. The van der Waals surface area contributed by atoms with Gasteiger partial charge in [-0.15, -0.1) is 6.58 Å². The van der Waals surface area contributed by atoms with Crippen molar-refractivity contribution in [3.63, 3.8) is 0 Å². The number of anilines is 1. The highest BCUT2D eigenvalue weighted by molar-refractivity contribution is 6.04. The summed E-state index contributed by atoms with van der Waals surface area (Å²) in [5, 5.41) is 18.6. The minimum absolute atomic E-state index is 0.0396. The number of amides is 1. The molecule has 0 radical (unpaired) electrons. The lowest BCUT2D eigenvalue weighted by Crippen LogP contribution is -2.30. The third-order valence-electron chi connectivity index (χ3n) is 4.93. The number of nitrogens with zero attached hydrogens (tertiary/aromatic N) is 4. The fourth-order valence-corrected chi connectivity index (χ4v) is 3.08. The molecule has 2 aromatic rings. The molecule has 2 aromatic heterocycles. The minimum atomic E-state index is -0.387. The van der Waals surface area contributed by atoms with Gasteiger partial charge in [-0.25, -0.2) is 4.98 Å². The van der Waals surface area contributed by atoms with Gasteiger partial charge in [-0.05, 0) is 49.4 Å². The first kappa shape index (κ1) is 21.0. The number of rotatable bonds is 11. The molecular formula is C22H25N7O. The lowest BCUT2D eigenvalue weighted by Gasteiger charge is -2.18. The quantitative estimate of drug-likeness (QED) is 0.303. The van der Waals surface area contributed by atoms with Crippen LogP contribution in [0.15, 0.2) is 54.3 Å². The van der Waals surface area contributed by atoms with E-state index in [1.807, 2.05) is 11.0 Å². The molecule has 30 heavy (non-hydrogen) atoms. The summed E-state index contributed by atoms with van der Waals surface area (Å²) in [6.45, 7) is 8.16. The lowest BCUT2D eigenvalue weighted by atomic mass is 9.99. The van der Waals surface area contributed by atoms with Crippen molar-refractivity contribution in [1.82, 2.24) is 14.9 Å². The number of hydrogen-bond donors (Lipinski definition) is 3. The predicted octanol–water partition coefficient (Wildman–Crippen LogP) is 3.14. The van der Waals surface area contributed by atoms with Gasteiger partial charge in [0.25, 0.3) is 5.91 Å². The zero-order chi connectivity index (χ0) is 21.5. The van der Waals surface area contributed by atoms with E-state index in [4.69, 9.17) is 10.8 Å². The second-order valence-electron chi connectivity index (χ2n) is 7.12. The highest BCUT2D eigenvalue weighted by Gasteiger charge is 2.27. The predicted molar refractivity (Wildman–Crippen MR) is 119 cm³/mol. The van der Waals surface area contributed by atoms with Crippen LogP contribution >= 0.6 is 0 Å². The first-order chi connectivity index (χ1) is 14.5. The Hall–Kier alpha value is -3.68. The molecule has 0 aliphatic heterocycles. The van der Waals surface area contributed by atoms with Crippen LogP contribution in [0.1, 0.15) is 40.4 Å². The summed E-state index contributed by atoms with van der Waals surface area (Å²) in [6, 6.07) is 7.27. The van der Waals surface area contributed by atoms with Crippen LogP contribution in [0.4, 0.5) is 5.82 Å². The topological polar surface area (TPSA) is 118 Å². The van der Waals surface area contributed by atoms with Gasteiger partial charge >= 0.3 is 0 Å². The maximum Gasteiger partial charge on any atom is 0.275 e. The van der Waals surface area contributed by atoms with Gasteiger partial charge in [0.05, 0.1) is 18.6 Å². The Kier molecular flexibility index (Phi) is 6.79. The van der Waals surface area contributed by atoms with E-state index in [2.05, 4.69) is 33.6 Å². The number of aliphatic imine (C=N–C) groups is 1. The molecule has 1 aliphatic rings. The Morgan fingerprint density at radius 3 is 2.77 bits per heavy atom. The summed E-state index contributed by atoms with van der Waals surface area (Å²) in [4.78, 5) is 26.8. The standard InChI is InChI=1S/C22H25N7O/c1-3-15(12-25-2)16-6-8-26-20(10-16)22(30)28-21-11-17(7-9-27-21)19(24)13-29(14-23)18-4-5-18/h3,6-11,14-15,18,23-24H,1-2,4-5,12-13H2,(H,27,28,30). The molecule has 3 rings (SSSR count). The zero-order valence-electron chi connectivity index (χ0n) is 16.7. The van der Waals surface area contributed by atoms with Crippen molar-refractivity contribution >= 4 is 30.5 Å². The Labute approximate surface area is 175 Å². The molecule has 2 heterocycles. The highest BCUT2D eigenvalue weighted by Crippen LogP contribution is 2.25. The number of hydrogen-bond acceptors (Lipinski definition) is 6. The smallest absolute Gasteiger partial charge is 0.275 e. The van der Waals surface area contributed by atoms with Crippen molar-refractivity contribution in [3.05, 3.63) is 66.1 Å². The number of pyridine rings is 2. The van der Waals surface area contributed by atoms with E-state index in [1.165, 1.54) is 6.34 Å². The van der Waals surface area contributed by atoms with Crippen molar-refractivity contribution in [1.29, 1.82) is 10.8 Å². The van der Waals surface area contributed by atoms with Gasteiger partial charge in [0, 0.05) is 36.5 Å². The summed E-state index contributed by atoms with van der Waals surface area (Å²) in [6.07, 6.45) is 8.30. The van der Waals surface area contributed by atoms with E-state index in [0.29, 0.717) is 36.2 Å². The fraction of sp³-hybridized carbons (Fsp3) is 0.273. The molecule has 1 unspecified atom stereocenters. The molecule has 0 saturated heterocycles. The van der Waals surface area contributed by atoms with E-state index in [1.54, 1.807) is 36.7 Å². The first-order valence-electron chi connectivity index (χ1n) is 9.68. The van der Waals surface area contributed by atoms with Crippen molar-refractivity contribution in [2.75, 3.05) is 18.4 Å². The van der Waals surface area contributed by atoms with Gasteiger partial charge in [-0.2, -0.15) is 0 Å². The molecule has 154 valence electrons. The molecule has 0 bridgehead atoms. The lowest BCUT2D eigenvalue weighted by molar-refractivity contribution is 0.102. The highest BCUT2D eigenvalue weighted by atomic mass is 16.1. The van der Waals surface area contributed by atoms with Gasteiger partial charge in [0.15, 0.2) is 0 Å². The van der Waals surface area contributed by atoms with E-state index in [0.717, 1.165) is 18.4 Å². The van der Waals surface area contributed by atoms with E-state index < -0.39 is 0 Å². The number of carbonyl (C=O) groups excluding carboxylic acids is 1. The molecule has 1 fully saturated rings. The zero-order valence-corrected chi connectivity index (χ0v) is 16.7. The third kappa shape index (κ3) is 5.22. The normalized spacial score (nSPS) is 13.7. The molecule has 3 N–H and O–H groups in total. The maximum atomic E-state index is 12.7. The van der Waals surface area contributed by atoms with Gasteiger partial charge in [0.2, 0.25) is 0 Å². The monoisotopic (exact) mass is 403 g/mol. The van der Waals surface area contributed by atoms with Crippen LogP contribution in [0.3, 0.4) is 0 Å². The van der Waals surface area contributed by atoms with Crippen LogP contribution in [-0.4, -0.2) is 58.7 Å². The van der Waals surface area contributed by atoms with E-state index in [9.17, 15) is 4.79 Å². The van der Waals surface area contributed by atoms with Gasteiger partial charge in [-0.1, -0.05) is 6.08 Å². The molecule has 8 nitrogen and oxygen atoms in total. The fourth-order valence-electron chi connectivity index (χ4n) is 3.08. The van der Waals surface area contributed by atoms with E-state index >= 15 is 0 Å². The summed E-state index contributed by atoms with van der Waals surface area (Å²) >= 11 is 0. The second-order valence-corrected chi connectivity index (χ2v) is 7.12. The third-order valence-corrected chi connectivity index (χ3v) is 4.93. The SMILES string of the molecule is C=CC(CN=C)c1ccnc(C(=O)Nc2cc(C(=N)CN(C=N)C3CC3)ccn2)c1. The summed E-state index contributed by atoms with van der Waals surface area (Å²) in [7, 11) is 0. The van der Waals surface area contributed by atoms with Crippen LogP contribution in [0.25, 0.3) is 0 Å². The van der Waals surface area contributed by atoms with Crippen LogP contribution in [0.2, 0.25) is 0 Å². The summed E-state index contributed by atoms with van der Waals surface area (Å²) < 4.78 is 0. The molecule has 1 aliphatic carbocycles. The van der Waals surface area contributed by atoms with Crippen molar-refractivity contribution in [3.8, 4) is 0 Å². The van der Waals surface area contributed by atoms with Crippen LogP contribution < -0.4 is 5.32 Å². The molecule has 0 aromatic carbocycles. The van der Waals surface area contributed by atoms with Crippen molar-refractivity contribution in [2.45, 2.75) is 24.8 Å². The molecular weight excluding hydrogens is 378 g/mol. The van der Waals surface area contributed by atoms with Gasteiger partial charge in [0.1, 0.15) is 11.5 Å². The van der Waals surface area contributed by atoms with Crippen LogP contribution in [0, 0.1) is 10.8 Å². The van der Waals surface area contributed by atoms with Crippen molar-refractivity contribution in [2.24, 2.45) is 4.99 Å². The van der Waals surface area contributed by atoms with E-state index in [-0.39, 0.29) is 17.5 Å². The molecule has 1 atom stereocenters. The molecule has 1 amide bonds. The largest absolute Gasteiger partial charge is 0.354 e. The Balaban J connectivity index is 1.70. The average Bonchev–Trinajstić information content (AvgIpc) is 3.61. The van der Waals surface area contributed by atoms with Crippen molar-refractivity contribution < 1.29 is 4.79 Å². The average molecular weight is 403 g/mol. The molecule has 1 saturated carbocycles. The number of aromatic nitrogens is 2. The molecule has 8 heteroatoms. The Morgan fingerprint density at radius 2 is 2.10 bits per heavy atom. The molecule has 0 spiro atoms. The van der Waals surface area contributed by atoms with Gasteiger partial charge in [-0.3, -0.25) is 20.2 Å².